The molecule has 17 nitrogen and oxygen atoms in total. The largest absolute Gasteiger partial charge is 0.494 e. The van der Waals surface area contributed by atoms with Crippen molar-refractivity contribution < 1.29 is 56.7 Å². The normalized spacial score (nSPS) is 25.9. The van der Waals surface area contributed by atoms with Crippen LogP contribution in [0.4, 0.5) is 9.59 Å². The lowest BCUT2D eigenvalue weighted by atomic mass is 9.78. The van der Waals surface area contributed by atoms with E-state index >= 15 is 0 Å². The van der Waals surface area contributed by atoms with E-state index in [9.17, 15) is 14.4 Å². The minimum absolute atomic E-state index is 0.0193. The van der Waals surface area contributed by atoms with Crippen molar-refractivity contribution in [3.8, 4) is 0 Å². The van der Waals surface area contributed by atoms with E-state index in [0.717, 1.165) is 57.5 Å². The molecule has 0 spiro atoms. The molecule has 2 aromatic carbocycles. The maximum atomic E-state index is 14.1. The molecule has 0 aromatic heterocycles. The average Bonchev–Trinajstić information content (AvgIpc) is 4.26. The van der Waals surface area contributed by atoms with Gasteiger partial charge in [0.05, 0.1) is 54.8 Å². The summed E-state index contributed by atoms with van der Waals surface area (Å²) in [4.78, 5) is 52.6. The lowest BCUT2D eigenvalue weighted by molar-refractivity contribution is -0.135. The number of hydrogen-bond acceptors (Lipinski definition) is 14. The highest BCUT2D eigenvalue weighted by Gasteiger charge is 2.53. The molecule has 0 unspecified atom stereocenters. The van der Waals surface area contributed by atoms with Crippen molar-refractivity contribution in [3.05, 3.63) is 72.1 Å². The van der Waals surface area contributed by atoms with E-state index in [-0.39, 0.29) is 60.2 Å². The van der Waals surface area contributed by atoms with Gasteiger partial charge in [-0.2, -0.15) is 0 Å². The monoisotopic (exact) mass is 1060 g/mol. The van der Waals surface area contributed by atoms with Gasteiger partial charge in [0.1, 0.15) is 11.6 Å². The van der Waals surface area contributed by atoms with E-state index in [1.165, 1.54) is 7.11 Å². The number of benzene rings is 2. The molecule has 1 N–H and O–H groups in total. The van der Waals surface area contributed by atoms with Crippen LogP contribution in [0.5, 0.6) is 0 Å². The van der Waals surface area contributed by atoms with Crippen LogP contribution in [0.15, 0.2) is 70.9 Å². The first-order chi connectivity index (χ1) is 36.3. The second-order valence-corrected chi connectivity index (χ2v) is 24.7. The highest BCUT2D eigenvalue weighted by atomic mass is 16.7. The predicted molar refractivity (Wildman–Crippen MR) is 299 cm³/mol. The number of allylic oxidation sites excluding steroid dienone is 2. The van der Waals surface area contributed by atoms with E-state index in [2.05, 4.69) is 97.1 Å². The van der Waals surface area contributed by atoms with Gasteiger partial charge in [0.25, 0.3) is 0 Å². The number of amides is 3. The van der Waals surface area contributed by atoms with Crippen molar-refractivity contribution in [1.82, 2.24) is 15.1 Å². The van der Waals surface area contributed by atoms with E-state index in [1.54, 1.807) is 14.2 Å². The van der Waals surface area contributed by atoms with E-state index < -0.39 is 36.1 Å². The van der Waals surface area contributed by atoms with Gasteiger partial charge in [-0.05, 0) is 141 Å². The van der Waals surface area contributed by atoms with Crippen molar-refractivity contribution in [2.75, 3.05) is 60.8 Å². The minimum Gasteiger partial charge on any atom is -0.453 e. The van der Waals surface area contributed by atoms with Crippen molar-refractivity contribution >= 4 is 65.8 Å². The van der Waals surface area contributed by atoms with Crippen LogP contribution < -0.4 is 16.2 Å². The van der Waals surface area contributed by atoms with Crippen LogP contribution in [0.1, 0.15) is 126 Å². The molecule has 0 radical (unpaired) electrons. The molecule has 0 bridgehead atoms. The first kappa shape index (κ1) is 58.3. The van der Waals surface area contributed by atoms with E-state index in [0.29, 0.717) is 65.2 Å². The highest BCUT2D eigenvalue weighted by molar-refractivity contribution is 6.62. The van der Waals surface area contributed by atoms with Crippen LogP contribution in [0.25, 0.3) is 11.1 Å². The Balaban J connectivity index is 0.000000207. The number of methoxy groups -OCH3 is 3. The Hall–Kier alpha value is -4.88. The number of aliphatic imine (C=N–C) groups is 2. The molecule has 2 aromatic rings. The fraction of sp³-hybridized carbons (Fsp3) is 0.638. The van der Waals surface area contributed by atoms with Gasteiger partial charge in [0.15, 0.2) is 0 Å². The lowest BCUT2D eigenvalue weighted by Gasteiger charge is -2.34. The highest BCUT2D eigenvalue weighted by Crippen LogP contribution is 2.39. The Morgan fingerprint density at radius 3 is 1.48 bits per heavy atom. The first-order valence-electron chi connectivity index (χ1n) is 27.5. The molecule has 5 saturated heterocycles. The molecular weight excluding hydrogens is 980 g/mol. The van der Waals surface area contributed by atoms with Gasteiger partial charge in [0, 0.05) is 89.0 Å². The summed E-state index contributed by atoms with van der Waals surface area (Å²) in [5.41, 5.74) is 6.29. The first-order valence-corrected chi connectivity index (χ1v) is 27.5. The number of ether oxygens (including phenoxy) is 5. The molecule has 3 amide bonds. The molecule has 7 aliphatic heterocycles. The van der Waals surface area contributed by atoms with Gasteiger partial charge in [-0.3, -0.25) is 19.7 Å². The third-order valence-corrected chi connectivity index (χ3v) is 16.9. The van der Waals surface area contributed by atoms with Crippen LogP contribution in [0, 0.1) is 17.8 Å². The average molecular weight is 1060 g/mol. The summed E-state index contributed by atoms with van der Waals surface area (Å²) in [6.07, 6.45) is 7.30. The third-order valence-electron chi connectivity index (χ3n) is 16.9. The second-order valence-electron chi connectivity index (χ2n) is 24.7. The minimum atomic E-state index is -0.679. The van der Waals surface area contributed by atoms with E-state index in [1.807, 2.05) is 55.1 Å². The standard InChI is InChI=1S/C31H44BN3O7.C27H39BN2O5/c1-30(2)31(3,4)42-32(41-30)24-9-7-21(8-10-24)23-16-25(33-17-23)26-15-20(19-38-5)18-35(26)28(36)27(34-29(37)39-6)22-11-13-40-14-12-22;1-25(2,3)33-24(31)30-16-18(17-32-8)13-23(30)22-14-20(15-29-22)19-9-11-21(12-10-19)28-34-26(4,5)27(6,7)35-28/h7-10,17,20,22,26-27H,11-16,18-19H2,1-6H3,(H,34,37);9-12,15,18,23H,13-14,16-17H2,1-8H3/t20-,26-,27-;18-,23-/m00/s1. The zero-order valence-corrected chi connectivity index (χ0v) is 48.1. The summed E-state index contributed by atoms with van der Waals surface area (Å²) in [7, 11) is 3.91. The molecule has 5 fully saturated rings. The Labute approximate surface area is 457 Å². The van der Waals surface area contributed by atoms with Crippen LogP contribution in [0.3, 0.4) is 0 Å². The van der Waals surface area contributed by atoms with Gasteiger partial charge < -0.3 is 52.5 Å². The van der Waals surface area contributed by atoms with Gasteiger partial charge in [0.2, 0.25) is 5.91 Å². The Kier molecular flexibility index (Phi) is 17.7. The van der Waals surface area contributed by atoms with Crippen LogP contribution in [-0.4, -0.2) is 161 Å². The van der Waals surface area contributed by atoms with Crippen molar-refractivity contribution in [2.45, 2.75) is 161 Å². The molecular formula is C58H83B2N5O12. The molecule has 5 atom stereocenters. The lowest BCUT2D eigenvalue weighted by Crippen LogP contribution is -2.55. The number of carbonyl (C=O) groups is 3. The quantitative estimate of drug-likeness (QED) is 0.195. The Morgan fingerprint density at radius 2 is 1.08 bits per heavy atom. The smallest absolute Gasteiger partial charge is 0.453 e. The van der Waals surface area contributed by atoms with Crippen molar-refractivity contribution in [1.29, 1.82) is 0 Å². The summed E-state index contributed by atoms with van der Waals surface area (Å²) in [6, 6.07) is 15.6. The fourth-order valence-electron chi connectivity index (χ4n) is 11.1. The van der Waals surface area contributed by atoms with E-state index in [4.69, 9.17) is 52.3 Å². The zero-order chi connectivity index (χ0) is 55.7. The van der Waals surface area contributed by atoms with Crippen LogP contribution in [0.2, 0.25) is 0 Å². The van der Waals surface area contributed by atoms with Crippen molar-refractivity contribution in [3.63, 3.8) is 0 Å². The third kappa shape index (κ3) is 13.3. The number of nitrogens with one attached hydrogen (secondary N) is 1. The maximum Gasteiger partial charge on any atom is 0.494 e. The molecule has 7 heterocycles. The van der Waals surface area contributed by atoms with Gasteiger partial charge in [-0.15, -0.1) is 0 Å². The topological polar surface area (TPSA) is 178 Å². The maximum absolute atomic E-state index is 14.1. The van der Waals surface area contributed by atoms with Crippen LogP contribution in [-0.2, 0) is 47.1 Å². The number of carbonyl (C=O) groups excluding carboxylic acids is 3. The summed E-state index contributed by atoms with van der Waals surface area (Å²) in [6.45, 7) is 25.6. The van der Waals surface area contributed by atoms with Crippen LogP contribution >= 0.6 is 0 Å². The SMILES string of the molecule is COC[C@H]1C[C@@H](C2=NC=C(c3ccc(B4OC(C)(C)C(C)(C)O4)cc3)C2)N(C(=O)OC(C)(C)C)C1.COC[C@H]1C[C@@H](C2=NC=C(c3ccc(B4OC(C)(C)C(C)(C)O4)cc3)C2)N(C(=O)[C@@H](NC(=O)OC)C2CCOCC2)C1. The molecule has 19 heteroatoms. The molecule has 7 aliphatic rings. The number of hydrogen-bond donors (Lipinski definition) is 1. The zero-order valence-electron chi connectivity index (χ0n) is 48.1. The molecule has 77 heavy (non-hydrogen) atoms. The number of nitrogens with zero attached hydrogens (tertiary/aromatic N) is 4. The summed E-state index contributed by atoms with van der Waals surface area (Å²) in [5.74, 6) is 0.333. The molecule has 0 aliphatic carbocycles. The van der Waals surface area contributed by atoms with Gasteiger partial charge in [-0.1, -0.05) is 48.5 Å². The number of alkyl carbamates (subject to hydrolysis) is 1. The molecule has 0 saturated carbocycles. The second kappa shape index (κ2) is 23.4. The van der Waals surface area contributed by atoms with Crippen molar-refractivity contribution in [2.24, 2.45) is 27.7 Å². The summed E-state index contributed by atoms with van der Waals surface area (Å²) < 4.78 is 51.7. The van der Waals surface area contributed by atoms with Gasteiger partial charge >= 0.3 is 26.4 Å². The Bertz CT molecular complexity index is 2540. The molecule has 9 rings (SSSR count). The predicted octanol–water partition coefficient (Wildman–Crippen LogP) is 7.63. The fourth-order valence-corrected chi connectivity index (χ4v) is 11.1. The number of rotatable bonds is 13. The summed E-state index contributed by atoms with van der Waals surface area (Å²) in [5, 5.41) is 2.83. The van der Waals surface area contributed by atoms with Gasteiger partial charge in [-0.25, -0.2) is 9.59 Å². The summed E-state index contributed by atoms with van der Waals surface area (Å²) >= 11 is 0. The Morgan fingerprint density at radius 1 is 0.662 bits per heavy atom. The number of likely N-dealkylation sites (tertiary alicyclic amines) is 2. The molecule has 418 valence electrons.